The van der Waals surface area contributed by atoms with Crippen LogP contribution in [0.4, 0.5) is 0 Å². The van der Waals surface area contributed by atoms with E-state index >= 15 is 0 Å². The summed E-state index contributed by atoms with van der Waals surface area (Å²) in [7, 11) is 1.71. The summed E-state index contributed by atoms with van der Waals surface area (Å²) in [5.41, 5.74) is 5.42. The molecule has 0 saturated carbocycles. The molecule has 3 rings (SSSR count). The van der Waals surface area contributed by atoms with Crippen molar-refractivity contribution in [3.8, 4) is 5.75 Å². The first-order valence-corrected chi connectivity index (χ1v) is 9.34. The summed E-state index contributed by atoms with van der Waals surface area (Å²) in [5, 5.41) is 1.35. The molecule has 0 aliphatic rings. The maximum atomic E-state index is 5.25. The van der Waals surface area contributed by atoms with Crippen molar-refractivity contribution in [3.63, 3.8) is 0 Å². The molecule has 126 valence electrons. The quantitative estimate of drug-likeness (QED) is 0.533. The molecule has 2 nitrogen and oxygen atoms in total. The van der Waals surface area contributed by atoms with Gasteiger partial charge in [-0.05, 0) is 54.3 Å². The van der Waals surface area contributed by atoms with Crippen LogP contribution in [0.1, 0.15) is 43.0 Å². The van der Waals surface area contributed by atoms with Crippen molar-refractivity contribution in [2.24, 2.45) is 0 Å². The molecule has 3 aromatic rings. The molecule has 0 aliphatic heterocycles. The van der Waals surface area contributed by atoms with Crippen LogP contribution < -0.4 is 4.74 Å². The number of fused-ring (bicyclic) bond motifs is 1. The lowest BCUT2D eigenvalue weighted by Crippen LogP contribution is -2.02. The van der Waals surface area contributed by atoms with Gasteiger partial charge in [0.15, 0.2) is 0 Å². The molecular formula is C21H24BrNO. The fourth-order valence-electron chi connectivity index (χ4n) is 3.40. The van der Waals surface area contributed by atoms with Gasteiger partial charge >= 0.3 is 0 Å². The summed E-state index contributed by atoms with van der Waals surface area (Å²) < 4.78 is 6.39. The highest BCUT2D eigenvalue weighted by Gasteiger charge is 2.17. The summed E-state index contributed by atoms with van der Waals surface area (Å²) in [5.74, 6) is 1.36. The molecule has 3 heteroatoms. The number of benzene rings is 2. The average Bonchev–Trinajstić information content (AvgIpc) is 2.94. The molecule has 1 heterocycles. The maximum absolute atomic E-state index is 5.25. The van der Waals surface area contributed by atoms with Gasteiger partial charge < -0.3 is 9.72 Å². The molecule has 0 bridgehead atoms. The Morgan fingerprint density at radius 3 is 2.54 bits per heavy atom. The van der Waals surface area contributed by atoms with E-state index in [1.165, 1.54) is 27.7 Å². The highest BCUT2D eigenvalue weighted by Crippen LogP contribution is 2.32. The maximum Gasteiger partial charge on any atom is 0.118 e. The second kappa shape index (κ2) is 7.43. The lowest BCUT2D eigenvalue weighted by Gasteiger charge is -2.13. The topological polar surface area (TPSA) is 25.0 Å². The standard InChI is InChI=1S/C21H24BrNO/c1-4-5-18-19-13-16(22)8-11-20(19)23-21(18)14(2)12-15-6-9-17(24-3)10-7-15/h6-11,13-14,23H,4-5,12H2,1-3H3. The van der Waals surface area contributed by atoms with Gasteiger partial charge in [-0.2, -0.15) is 0 Å². The minimum absolute atomic E-state index is 0.450. The van der Waals surface area contributed by atoms with Crippen LogP contribution in [0.25, 0.3) is 10.9 Å². The van der Waals surface area contributed by atoms with Gasteiger partial charge in [0.1, 0.15) is 5.75 Å². The minimum atomic E-state index is 0.450. The zero-order chi connectivity index (χ0) is 17.1. The Morgan fingerprint density at radius 2 is 1.88 bits per heavy atom. The predicted octanol–water partition coefficient (Wildman–Crippen LogP) is 6.24. The number of rotatable bonds is 6. The fraction of sp³-hybridized carbons (Fsp3) is 0.333. The smallest absolute Gasteiger partial charge is 0.118 e. The predicted molar refractivity (Wildman–Crippen MR) is 105 cm³/mol. The number of aromatic amines is 1. The van der Waals surface area contributed by atoms with E-state index in [-0.39, 0.29) is 0 Å². The van der Waals surface area contributed by atoms with Crippen molar-refractivity contribution in [1.82, 2.24) is 4.98 Å². The fourth-order valence-corrected chi connectivity index (χ4v) is 3.76. The molecule has 0 aliphatic carbocycles. The second-order valence-electron chi connectivity index (χ2n) is 6.41. The molecular weight excluding hydrogens is 362 g/mol. The van der Waals surface area contributed by atoms with E-state index in [9.17, 15) is 0 Å². The third kappa shape index (κ3) is 3.51. The van der Waals surface area contributed by atoms with E-state index < -0.39 is 0 Å². The van der Waals surface area contributed by atoms with Crippen molar-refractivity contribution in [1.29, 1.82) is 0 Å². The van der Waals surface area contributed by atoms with Crippen LogP contribution in [0.15, 0.2) is 46.9 Å². The summed E-state index contributed by atoms with van der Waals surface area (Å²) in [6, 6.07) is 14.9. The normalized spacial score (nSPS) is 12.5. The van der Waals surface area contributed by atoms with Crippen LogP contribution in [0.3, 0.4) is 0 Å². The van der Waals surface area contributed by atoms with Gasteiger partial charge in [-0.25, -0.2) is 0 Å². The third-order valence-electron chi connectivity index (χ3n) is 4.59. The van der Waals surface area contributed by atoms with Gasteiger partial charge in [-0.3, -0.25) is 0 Å². The lowest BCUT2D eigenvalue weighted by atomic mass is 9.93. The van der Waals surface area contributed by atoms with E-state index in [1.54, 1.807) is 7.11 Å². The molecule has 0 saturated heterocycles. The Kier molecular flexibility index (Phi) is 5.30. The second-order valence-corrected chi connectivity index (χ2v) is 7.33. The summed E-state index contributed by atoms with van der Waals surface area (Å²) in [6.45, 7) is 4.55. The van der Waals surface area contributed by atoms with Crippen LogP contribution in [0, 0.1) is 0 Å². The van der Waals surface area contributed by atoms with Gasteiger partial charge in [0.05, 0.1) is 7.11 Å². The number of hydrogen-bond donors (Lipinski definition) is 1. The van der Waals surface area contributed by atoms with E-state index in [4.69, 9.17) is 4.74 Å². The Hall–Kier alpha value is -1.74. The summed E-state index contributed by atoms with van der Waals surface area (Å²) in [6.07, 6.45) is 3.29. The molecule has 0 fully saturated rings. The lowest BCUT2D eigenvalue weighted by molar-refractivity contribution is 0.414. The van der Waals surface area contributed by atoms with Gasteiger partial charge in [-0.1, -0.05) is 48.3 Å². The Labute approximate surface area is 152 Å². The number of halogens is 1. The summed E-state index contributed by atoms with van der Waals surface area (Å²) >= 11 is 3.61. The van der Waals surface area contributed by atoms with Crippen LogP contribution in [0.5, 0.6) is 5.75 Å². The molecule has 1 unspecified atom stereocenters. The van der Waals surface area contributed by atoms with Crippen LogP contribution >= 0.6 is 15.9 Å². The zero-order valence-corrected chi connectivity index (χ0v) is 16.1. The molecule has 1 N–H and O–H groups in total. The van der Waals surface area contributed by atoms with Crippen LogP contribution in [0.2, 0.25) is 0 Å². The van der Waals surface area contributed by atoms with Crippen molar-refractivity contribution in [2.45, 2.75) is 39.0 Å². The van der Waals surface area contributed by atoms with Gasteiger partial charge in [0.25, 0.3) is 0 Å². The van der Waals surface area contributed by atoms with Crippen molar-refractivity contribution >= 4 is 26.8 Å². The van der Waals surface area contributed by atoms with E-state index in [0.717, 1.165) is 29.5 Å². The molecule has 0 spiro atoms. The number of ether oxygens (including phenoxy) is 1. The van der Waals surface area contributed by atoms with Gasteiger partial charge in [0, 0.05) is 27.0 Å². The first-order valence-electron chi connectivity index (χ1n) is 8.55. The Balaban J connectivity index is 1.92. The molecule has 0 amide bonds. The molecule has 1 atom stereocenters. The number of hydrogen-bond acceptors (Lipinski definition) is 1. The molecule has 0 radical (unpaired) electrons. The Morgan fingerprint density at radius 1 is 1.12 bits per heavy atom. The van der Waals surface area contributed by atoms with Crippen molar-refractivity contribution in [2.75, 3.05) is 7.11 Å². The zero-order valence-electron chi connectivity index (χ0n) is 14.5. The number of aromatic nitrogens is 1. The van der Waals surface area contributed by atoms with Crippen LogP contribution in [-0.4, -0.2) is 12.1 Å². The molecule has 24 heavy (non-hydrogen) atoms. The molecule has 2 aromatic carbocycles. The number of nitrogens with one attached hydrogen (secondary N) is 1. The van der Waals surface area contributed by atoms with E-state index in [0.29, 0.717) is 5.92 Å². The SMILES string of the molecule is CCCc1c(C(C)Cc2ccc(OC)cc2)[nH]c2ccc(Br)cc12. The third-order valence-corrected chi connectivity index (χ3v) is 5.09. The highest BCUT2D eigenvalue weighted by atomic mass is 79.9. The average molecular weight is 386 g/mol. The first kappa shape index (κ1) is 17.1. The largest absolute Gasteiger partial charge is 0.497 e. The Bertz CT molecular complexity index is 820. The van der Waals surface area contributed by atoms with Crippen LogP contribution in [-0.2, 0) is 12.8 Å². The van der Waals surface area contributed by atoms with Gasteiger partial charge in [-0.15, -0.1) is 0 Å². The monoisotopic (exact) mass is 385 g/mol. The molecule has 1 aromatic heterocycles. The minimum Gasteiger partial charge on any atom is -0.497 e. The highest BCUT2D eigenvalue weighted by molar-refractivity contribution is 9.10. The van der Waals surface area contributed by atoms with Crippen molar-refractivity contribution < 1.29 is 4.74 Å². The van der Waals surface area contributed by atoms with Gasteiger partial charge in [0.2, 0.25) is 0 Å². The van der Waals surface area contributed by atoms with E-state index in [2.05, 4.69) is 65.1 Å². The van der Waals surface area contributed by atoms with Crippen molar-refractivity contribution in [3.05, 3.63) is 63.8 Å². The summed E-state index contributed by atoms with van der Waals surface area (Å²) in [4.78, 5) is 3.67. The number of H-pyrrole nitrogens is 1. The number of aryl methyl sites for hydroxylation is 1. The van der Waals surface area contributed by atoms with E-state index in [1.807, 2.05) is 12.1 Å². The number of methoxy groups -OCH3 is 1. The first-order chi connectivity index (χ1) is 11.6.